The Kier molecular flexibility index (Phi) is 5.90. The maximum Gasteiger partial charge on any atom is 0.118 e. The van der Waals surface area contributed by atoms with E-state index < -0.39 is 0 Å². The van der Waals surface area contributed by atoms with E-state index in [2.05, 4.69) is 24.4 Å². The van der Waals surface area contributed by atoms with Crippen molar-refractivity contribution in [2.24, 2.45) is 0 Å². The minimum Gasteiger partial charge on any atom is -0.497 e. The summed E-state index contributed by atoms with van der Waals surface area (Å²) in [7, 11) is 3.41. The first kappa shape index (κ1) is 13.0. The molecule has 1 N–H and O–H groups in total. The summed E-state index contributed by atoms with van der Waals surface area (Å²) < 4.78 is 10.1. The normalized spacial score (nSPS) is 12.4. The number of rotatable bonds is 7. The van der Waals surface area contributed by atoms with E-state index in [1.165, 1.54) is 5.56 Å². The second kappa shape index (κ2) is 7.25. The van der Waals surface area contributed by atoms with E-state index in [1.807, 2.05) is 12.1 Å². The molecule has 0 saturated heterocycles. The Morgan fingerprint density at radius 2 is 1.88 bits per heavy atom. The molecule has 0 amide bonds. The van der Waals surface area contributed by atoms with Crippen LogP contribution in [0.2, 0.25) is 0 Å². The molecule has 0 aliphatic carbocycles. The molecule has 0 bridgehead atoms. The zero-order valence-corrected chi connectivity index (χ0v) is 10.3. The summed E-state index contributed by atoms with van der Waals surface area (Å²) in [5.74, 6) is 0.898. The largest absolute Gasteiger partial charge is 0.497 e. The van der Waals surface area contributed by atoms with E-state index in [9.17, 15) is 0 Å². The van der Waals surface area contributed by atoms with Gasteiger partial charge in [-0.05, 0) is 37.6 Å². The molecule has 0 spiro atoms. The lowest BCUT2D eigenvalue weighted by atomic mass is 10.1. The van der Waals surface area contributed by atoms with Crippen LogP contribution in [0.5, 0.6) is 5.75 Å². The third kappa shape index (κ3) is 4.21. The lowest BCUT2D eigenvalue weighted by Crippen LogP contribution is -2.20. The van der Waals surface area contributed by atoms with Crippen LogP contribution < -0.4 is 10.1 Å². The first-order valence-corrected chi connectivity index (χ1v) is 5.64. The highest BCUT2D eigenvalue weighted by atomic mass is 16.5. The quantitative estimate of drug-likeness (QED) is 0.720. The van der Waals surface area contributed by atoms with Gasteiger partial charge >= 0.3 is 0 Å². The van der Waals surface area contributed by atoms with E-state index in [1.54, 1.807) is 14.2 Å². The van der Waals surface area contributed by atoms with Crippen LogP contribution in [0.4, 0.5) is 0 Å². The number of hydrogen-bond donors (Lipinski definition) is 1. The van der Waals surface area contributed by atoms with Crippen molar-refractivity contribution in [3.63, 3.8) is 0 Å². The lowest BCUT2D eigenvalue weighted by Gasteiger charge is -2.14. The lowest BCUT2D eigenvalue weighted by molar-refractivity contribution is 0.193. The van der Waals surface area contributed by atoms with Gasteiger partial charge in [-0.2, -0.15) is 0 Å². The van der Waals surface area contributed by atoms with Crippen molar-refractivity contribution < 1.29 is 9.47 Å². The average molecular weight is 223 g/mol. The maximum atomic E-state index is 5.13. The number of nitrogens with one attached hydrogen (secondary N) is 1. The Labute approximate surface area is 97.8 Å². The minimum atomic E-state index is 0.364. The molecular formula is C13H21NO2. The highest BCUT2D eigenvalue weighted by Gasteiger charge is 2.03. The van der Waals surface area contributed by atoms with Crippen molar-refractivity contribution in [2.75, 3.05) is 27.4 Å². The fourth-order valence-corrected chi connectivity index (χ4v) is 1.55. The summed E-state index contributed by atoms with van der Waals surface area (Å²) in [6.45, 7) is 3.94. The van der Waals surface area contributed by atoms with Crippen molar-refractivity contribution in [2.45, 2.75) is 19.4 Å². The molecular weight excluding hydrogens is 202 g/mol. The summed E-state index contributed by atoms with van der Waals surface area (Å²) in [5.41, 5.74) is 1.28. The minimum absolute atomic E-state index is 0.364. The molecule has 16 heavy (non-hydrogen) atoms. The highest BCUT2D eigenvalue weighted by Crippen LogP contribution is 2.16. The van der Waals surface area contributed by atoms with Crippen LogP contribution in [0.3, 0.4) is 0 Å². The molecule has 3 nitrogen and oxygen atoms in total. The van der Waals surface area contributed by atoms with Crippen LogP contribution in [-0.4, -0.2) is 27.4 Å². The molecule has 1 aromatic rings. The molecule has 0 aliphatic heterocycles. The molecule has 3 heteroatoms. The molecule has 0 unspecified atom stereocenters. The van der Waals surface area contributed by atoms with E-state index >= 15 is 0 Å². The highest BCUT2D eigenvalue weighted by molar-refractivity contribution is 5.28. The number of hydrogen-bond acceptors (Lipinski definition) is 3. The van der Waals surface area contributed by atoms with Gasteiger partial charge < -0.3 is 14.8 Å². The maximum absolute atomic E-state index is 5.13. The van der Waals surface area contributed by atoms with Gasteiger partial charge in [0.05, 0.1) is 7.11 Å². The van der Waals surface area contributed by atoms with Crippen molar-refractivity contribution >= 4 is 0 Å². The van der Waals surface area contributed by atoms with Gasteiger partial charge in [0.15, 0.2) is 0 Å². The van der Waals surface area contributed by atoms with E-state index in [0.717, 1.165) is 25.3 Å². The first-order valence-electron chi connectivity index (χ1n) is 5.64. The molecule has 0 heterocycles. The van der Waals surface area contributed by atoms with Crippen LogP contribution in [0.1, 0.15) is 24.9 Å². The standard InChI is InChI=1S/C13H21NO2/c1-11(14-9-4-10-15-2)12-5-7-13(16-3)8-6-12/h5-8,11,14H,4,9-10H2,1-3H3/t11-/m0/s1. The third-order valence-corrected chi connectivity index (χ3v) is 2.59. The van der Waals surface area contributed by atoms with Gasteiger partial charge in [0.1, 0.15) is 5.75 Å². The summed E-state index contributed by atoms with van der Waals surface area (Å²) in [6.07, 6.45) is 1.04. The number of methoxy groups -OCH3 is 2. The summed E-state index contributed by atoms with van der Waals surface area (Å²) in [4.78, 5) is 0. The summed E-state index contributed by atoms with van der Waals surface area (Å²) >= 11 is 0. The second-order valence-corrected chi connectivity index (χ2v) is 3.80. The Morgan fingerprint density at radius 3 is 2.44 bits per heavy atom. The molecule has 0 fully saturated rings. The fraction of sp³-hybridized carbons (Fsp3) is 0.538. The van der Waals surface area contributed by atoms with Gasteiger partial charge in [0.25, 0.3) is 0 Å². The SMILES string of the molecule is COCCCN[C@@H](C)c1ccc(OC)cc1. The van der Waals surface area contributed by atoms with Crippen molar-refractivity contribution in [3.8, 4) is 5.75 Å². The predicted molar refractivity (Wildman–Crippen MR) is 65.9 cm³/mol. The monoisotopic (exact) mass is 223 g/mol. The Morgan fingerprint density at radius 1 is 1.19 bits per heavy atom. The van der Waals surface area contributed by atoms with Crippen LogP contribution in [0, 0.1) is 0 Å². The molecule has 1 aromatic carbocycles. The zero-order chi connectivity index (χ0) is 11.8. The van der Waals surface area contributed by atoms with Gasteiger partial charge in [0.2, 0.25) is 0 Å². The van der Waals surface area contributed by atoms with Crippen LogP contribution >= 0.6 is 0 Å². The Hall–Kier alpha value is -1.06. The molecule has 0 saturated carbocycles. The third-order valence-electron chi connectivity index (χ3n) is 2.59. The number of ether oxygens (including phenoxy) is 2. The van der Waals surface area contributed by atoms with E-state index in [4.69, 9.17) is 9.47 Å². The smallest absolute Gasteiger partial charge is 0.118 e. The Balaban J connectivity index is 2.37. The van der Waals surface area contributed by atoms with Gasteiger partial charge in [-0.25, -0.2) is 0 Å². The molecule has 0 aromatic heterocycles. The van der Waals surface area contributed by atoms with Crippen LogP contribution in [0.15, 0.2) is 24.3 Å². The van der Waals surface area contributed by atoms with Crippen LogP contribution in [0.25, 0.3) is 0 Å². The van der Waals surface area contributed by atoms with Crippen LogP contribution in [-0.2, 0) is 4.74 Å². The van der Waals surface area contributed by atoms with E-state index in [-0.39, 0.29) is 0 Å². The van der Waals surface area contributed by atoms with Gasteiger partial charge in [-0.15, -0.1) is 0 Å². The summed E-state index contributed by atoms with van der Waals surface area (Å²) in [5, 5.41) is 3.45. The van der Waals surface area contributed by atoms with Crippen molar-refractivity contribution in [1.82, 2.24) is 5.32 Å². The molecule has 0 aliphatic rings. The fourth-order valence-electron chi connectivity index (χ4n) is 1.55. The predicted octanol–water partition coefficient (Wildman–Crippen LogP) is 2.38. The summed E-state index contributed by atoms with van der Waals surface area (Å²) in [6, 6.07) is 8.52. The molecule has 1 atom stereocenters. The van der Waals surface area contributed by atoms with Gasteiger partial charge in [-0.3, -0.25) is 0 Å². The van der Waals surface area contributed by atoms with E-state index in [0.29, 0.717) is 6.04 Å². The topological polar surface area (TPSA) is 30.5 Å². The second-order valence-electron chi connectivity index (χ2n) is 3.80. The Bertz CT molecular complexity index is 284. The average Bonchev–Trinajstić information content (AvgIpc) is 2.34. The van der Waals surface area contributed by atoms with Crippen molar-refractivity contribution in [1.29, 1.82) is 0 Å². The molecule has 0 radical (unpaired) electrons. The first-order chi connectivity index (χ1) is 7.77. The van der Waals surface area contributed by atoms with Gasteiger partial charge in [-0.1, -0.05) is 12.1 Å². The number of benzene rings is 1. The zero-order valence-electron chi connectivity index (χ0n) is 10.3. The molecule has 1 rings (SSSR count). The molecule has 90 valence electrons. The van der Waals surface area contributed by atoms with Gasteiger partial charge in [0, 0.05) is 19.8 Å². The van der Waals surface area contributed by atoms with Crippen molar-refractivity contribution in [3.05, 3.63) is 29.8 Å².